The molecular formula is C10H10FIO2. The fourth-order valence-electron chi connectivity index (χ4n) is 1.14. The molecule has 0 aliphatic carbocycles. The van der Waals surface area contributed by atoms with Crippen molar-refractivity contribution in [2.75, 3.05) is 13.8 Å². The Hall–Kier alpha value is -0.650. The predicted octanol–water partition coefficient (Wildman–Crippen LogP) is 2.59. The zero-order chi connectivity index (χ0) is 10.6. The SMILES string of the molecule is COC(=O)c1cccc(CCF)c1I. The fourth-order valence-corrected chi connectivity index (χ4v) is 1.99. The second-order valence-corrected chi connectivity index (χ2v) is 3.79. The summed E-state index contributed by atoms with van der Waals surface area (Å²) < 4.78 is 17.5. The van der Waals surface area contributed by atoms with Crippen molar-refractivity contribution in [2.45, 2.75) is 6.42 Å². The molecule has 0 atom stereocenters. The third-order valence-electron chi connectivity index (χ3n) is 1.85. The highest BCUT2D eigenvalue weighted by Crippen LogP contribution is 2.18. The number of esters is 1. The fraction of sp³-hybridized carbons (Fsp3) is 0.300. The van der Waals surface area contributed by atoms with E-state index < -0.39 is 6.67 Å². The minimum atomic E-state index is -0.416. The first-order valence-corrected chi connectivity index (χ1v) is 5.20. The van der Waals surface area contributed by atoms with Crippen LogP contribution < -0.4 is 0 Å². The molecule has 0 N–H and O–H groups in total. The van der Waals surface area contributed by atoms with Crippen LogP contribution in [-0.4, -0.2) is 19.8 Å². The van der Waals surface area contributed by atoms with Gasteiger partial charge >= 0.3 is 5.97 Å². The van der Waals surface area contributed by atoms with Gasteiger partial charge in [0.1, 0.15) is 0 Å². The van der Waals surface area contributed by atoms with Crippen molar-refractivity contribution < 1.29 is 13.9 Å². The Bertz CT molecular complexity index is 339. The molecule has 14 heavy (non-hydrogen) atoms. The van der Waals surface area contributed by atoms with Crippen molar-refractivity contribution in [3.05, 3.63) is 32.9 Å². The van der Waals surface area contributed by atoms with Crippen LogP contribution in [0, 0.1) is 3.57 Å². The van der Waals surface area contributed by atoms with Crippen LogP contribution >= 0.6 is 22.6 Å². The van der Waals surface area contributed by atoms with Gasteiger partial charge in [-0.05, 0) is 34.2 Å². The van der Waals surface area contributed by atoms with Crippen molar-refractivity contribution in [3.63, 3.8) is 0 Å². The third kappa shape index (κ3) is 2.43. The Labute approximate surface area is 95.6 Å². The van der Waals surface area contributed by atoms with Crippen molar-refractivity contribution in [3.8, 4) is 0 Å². The Kier molecular flexibility index (Phi) is 4.31. The van der Waals surface area contributed by atoms with Crippen LogP contribution in [0.4, 0.5) is 4.39 Å². The third-order valence-corrected chi connectivity index (χ3v) is 3.12. The average molecular weight is 308 g/mol. The molecule has 0 radical (unpaired) electrons. The molecule has 0 aliphatic rings. The van der Waals surface area contributed by atoms with Crippen LogP contribution in [0.25, 0.3) is 0 Å². The second-order valence-electron chi connectivity index (χ2n) is 2.71. The molecule has 0 aromatic heterocycles. The lowest BCUT2D eigenvalue weighted by Gasteiger charge is -2.06. The summed E-state index contributed by atoms with van der Waals surface area (Å²) in [6.07, 6.45) is 0.336. The van der Waals surface area contributed by atoms with Crippen LogP contribution in [0.2, 0.25) is 0 Å². The standard InChI is InChI=1S/C10H10FIO2/c1-14-10(13)8-4-2-3-7(5-6-11)9(8)12/h2-4H,5-6H2,1H3. The van der Waals surface area contributed by atoms with Gasteiger partial charge in [-0.25, -0.2) is 4.79 Å². The van der Waals surface area contributed by atoms with Gasteiger partial charge in [0, 0.05) is 9.99 Å². The smallest absolute Gasteiger partial charge is 0.338 e. The number of hydrogen-bond acceptors (Lipinski definition) is 2. The number of rotatable bonds is 3. The van der Waals surface area contributed by atoms with E-state index in [4.69, 9.17) is 0 Å². The number of aryl methyl sites for hydroxylation is 1. The summed E-state index contributed by atoms with van der Waals surface area (Å²) in [4.78, 5) is 11.3. The molecule has 0 fully saturated rings. The van der Waals surface area contributed by atoms with Gasteiger partial charge < -0.3 is 4.74 Å². The lowest BCUT2D eigenvalue weighted by molar-refractivity contribution is 0.0599. The lowest BCUT2D eigenvalue weighted by atomic mass is 10.1. The van der Waals surface area contributed by atoms with Gasteiger partial charge in [0.15, 0.2) is 0 Å². The minimum Gasteiger partial charge on any atom is -0.465 e. The van der Waals surface area contributed by atoms with Crippen molar-refractivity contribution in [2.24, 2.45) is 0 Å². The molecule has 0 bridgehead atoms. The average Bonchev–Trinajstić information content (AvgIpc) is 2.20. The topological polar surface area (TPSA) is 26.3 Å². The summed E-state index contributed by atoms with van der Waals surface area (Å²) in [5.74, 6) is -0.380. The van der Waals surface area contributed by atoms with Gasteiger partial charge in [-0.3, -0.25) is 4.39 Å². The maximum absolute atomic E-state index is 12.2. The molecule has 0 amide bonds. The van der Waals surface area contributed by atoms with Gasteiger partial charge in [0.2, 0.25) is 0 Å². The van der Waals surface area contributed by atoms with Gasteiger partial charge in [-0.15, -0.1) is 0 Å². The van der Waals surface area contributed by atoms with Crippen molar-refractivity contribution >= 4 is 28.6 Å². The first kappa shape index (κ1) is 11.4. The van der Waals surface area contributed by atoms with E-state index in [2.05, 4.69) is 4.74 Å². The predicted molar refractivity (Wildman–Crippen MR) is 60.2 cm³/mol. The van der Waals surface area contributed by atoms with Crippen LogP contribution in [0.3, 0.4) is 0 Å². The summed E-state index contributed by atoms with van der Waals surface area (Å²) in [5, 5.41) is 0. The van der Waals surface area contributed by atoms with E-state index in [1.54, 1.807) is 12.1 Å². The molecule has 0 unspecified atom stereocenters. The van der Waals surface area contributed by atoms with Crippen LogP contribution in [0.5, 0.6) is 0 Å². The summed E-state index contributed by atoms with van der Waals surface area (Å²) in [6.45, 7) is -0.416. The first-order chi connectivity index (χ1) is 6.70. The van der Waals surface area contributed by atoms with Crippen molar-refractivity contribution in [1.82, 2.24) is 0 Å². The number of carbonyl (C=O) groups excluding carboxylic acids is 1. The largest absolute Gasteiger partial charge is 0.465 e. The normalized spacial score (nSPS) is 9.93. The number of halogens is 2. The quantitative estimate of drug-likeness (QED) is 0.634. The molecular weight excluding hydrogens is 298 g/mol. The molecule has 2 nitrogen and oxygen atoms in total. The highest BCUT2D eigenvalue weighted by Gasteiger charge is 2.12. The highest BCUT2D eigenvalue weighted by molar-refractivity contribution is 14.1. The molecule has 0 spiro atoms. The zero-order valence-corrected chi connectivity index (χ0v) is 9.88. The number of alkyl halides is 1. The molecule has 4 heteroatoms. The minimum absolute atomic E-state index is 0.336. The summed E-state index contributed by atoms with van der Waals surface area (Å²) in [5.41, 5.74) is 1.34. The van der Waals surface area contributed by atoms with Gasteiger partial charge in [-0.1, -0.05) is 12.1 Å². The molecule has 0 saturated carbocycles. The monoisotopic (exact) mass is 308 g/mol. The molecule has 0 heterocycles. The maximum Gasteiger partial charge on any atom is 0.338 e. The molecule has 1 aromatic carbocycles. The van der Waals surface area contributed by atoms with E-state index in [1.165, 1.54) is 7.11 Å². The summed E-state index contributed by atoms with van der Waals surface area (Å²) in [7, 11) is 1.33. The Morgan fingerprint density at radius 1 is 1.57 bits per heavy atom. The Morgan fingerprint density at radius 3 is 2.86 bits per heavy atom. The van der Waals surface area contributed by atoms with Gasteiger partial charge in [0.05, 0.1) is 19.3 Å². The molecule has 0 aliphatic heterocycles. The van der Waals surface area contributed by atoms with E-state index >= 15 is 0 Å². The van der Waals surface area contributed by atoms with E-state index in [0.717, 1.165) is 9.13 Å². The van der Waals surface area contributed by atoms with E-state index in [0.29, 0.717) is 12.0 Å². The summed E-state index contributed by atoms with van der Waals surface area (Å²) >= 11 is 2.04. The Morgan fingerprint density at radius 2 is 2.29 bits per heavy atom. The maximum atomic E-state index is 12.2. The lowest BCUT2D eigenvalue weighted by Crippen LogP contribution is -2.06. The van der Waals surface area contributed by atoms with Crippen LogP contribution in [0.1, 0.15) is 15.9 Å². The first-order valence-electron chi connectivity index (χ1n) is 4.12. The zero-order valence-electron chi connectivity index (χ0n) is 7.72. The van der Waals surface area contributed by atoms with E-state index in [1.807, 2.05) is 28.7 Å². The van der Waals surface area contributed by atoms with Gasteiger partial charge in [-0.2, -0.15) is 0 Å². The van der Waals surface area contributed by atoms with E-state index in [-0.39, 0.29) is 5.97 Å². The highest BCUT2D eigenvalue weighted by atomic mass is 127. The van der Waals surface area contributed by atoms with Gasteiger partial charge in [0.25, 0.3) is 0 Å². The number of carbonyl (C=O) groups is 1. The summed E-state index contributed by atoms with van der Waals surface area (Å²) in [6, 6.07) is 5.22. The van der Waals surface area contributed by atoms with Crippen LogP contribution in [0.15, 0.2) is 18.2 Å². The van der Waals surface area contributed by atoms with E-state index in [9.17, 15) is 9.18 Å². The number of hydrogen-bond donors (Lipinski definition) is 0. The number of ether oxygens (including phenoxy) is 1. The number of benzene rings is 1. The van der Waals surface area contributed by atoms with Crippen LogP contribution in [-0.2, 0) is 11.2 Å². The van der Waals surface area contributed by atoms with Crippen molar-refractivity contribution in [1.29, 1.82) is 0 Å². The number of methoxy groups -OCH3 is 1. The molecule has 1 rings (SSSR count). The molecule has 76 valence electrons. The molecule has 1 aromatic rings. The molecule has 0 saturated heterocycles. The Balaban J connectivity index is 3.07. The second kappa shape index (κ2) is 5.29.